The van der Waals surface area contributed by atoms with Crippen LogP contribution < -0.4 is 5.32 Å². The van der Waals surface area contributed by atoms with E-state index in [1.807, 2.05) is 0 Å². The average molecular weight is 364 g/mol. The Labute approximate surface area is 147 Å². The number of hydrogen-bond donors (Lipinski definition) is 2. The SMILES string of the molecule is O=S(=O)(c1ccccc1)C1CNCCN1CC(O)c1ccc(F)cc1. The fourth-order valence-electron chi connectivity index (χ4n) is 3.02. The van der Waals surface area contributed by atoms with Gasteiger partial charge in [0.1, 0.15) is 11.2 Å². The third kappa shape index (κ3) is 4.07. The Bertz CT molecular complexity index is 797. The normalized spacial score (nSPS) is 20.3. The predicted octanol–water partition coefficient (Wildman–Crippen LogP) is 1.56. The van der Waals surface area contributed by atoms with Crippen molar-refractivity contribution in [2.24, 2.45) is 0 Å². The van der Waals surface area contributed by atoms with Crippen LogP contribution in [0.2, 0.25) is 0 Å². The summed E-state index contributed by atoms with van der Waals surface area (Å²) < 4.78 is 38.9. The first-order chi connectivity index (χ1) is 12.0. The number of aliphatic hydroxyl groups is 1. The summed E-state index contributed by atoms with van der Waals surface area (Å²) in [7, 11) is -3.55. The van der Waals surface area contributed by atoms with Gasteiger partial charge in [0.25, 0.3) is 0 Å². The minimum absolute atomic E-state index is 0.171. The molecule has 2 aromatic rings. The number of benzene rings is 2. The molecular formula is C18H21FN2O3S. The van der Waals surface area contributed by atoms with Gasteiger partial charge in [0.15, 0.2) is 9.84 Å². The van der Waals surface area contributed by atoms with E-state index in [4.69, 9.17) is 0 Å². The highest BCUT2D eigenvalue weighted by Crippen LogP contribution is 2.23. The Balaban J connectivity index is 1.80. The first kappa shape index (κ1) is 18.0. The van der Waals surface area contributed by atoms with Crippen LogP contribution in [-0.2, 0) is 9.84 Å². The Morgan fingerprint density at radius 1 is 1.16 bits per heavy atom. The third-order valence-corrected chi connectivity index (χ3v) is 6.50. The molecule has 0 aromatic heterocycles. The quantitative estimate of drug-likeness (QED) is 0.843. The molecule has 0 saturated carbocycles. The Hall–Kier alpha value is -1.80. The summed E-state index contributed by atoms with van der Waals surface area (Å²) in [6.07, 6.45) is -0.882. The lowest BCUT2D eigenvalue weighted by Gasteiger charge is -2.36. The number of halogens is 1. The molecule has 25 heavy (non-hydrogen) atoms. The first-order valence-electron chi connectivity index (χ1n) is 8.16. The van der Waals surface area contributed by atoms with Crippen LogP contribution in [0.4, 0.5) is 4.39 Å². The van der Waals surface area contributed by atoms with Gasteiger partial charge in [-0.2, -0.15) is 0 Å². The molecule has 2 N–H and O–H groups in total. The van der Waals surface area contributed by atoms with E-state index in [-0.39, 0.29) is 17.3 Å². The molecule has 5 nitrogen and oxygen atoms in total. The number of piperazine rings is 1. The molecule has 7 heteroatoms. The minimum atomic E-state index is -3.55. The van der Waals surface area contributed by atoms with Crippen molar-refractivity contribution >= 4 is 9.84 Å². The summed E-state index contributed by atoms with van der Waals surface area (Å²) in [6.45, 7) is 1.63. The van der Waals surface area contributed by atoms with Crippen molar-refractivity contribution in [2.45, 2.75) is 16.4 Å². The number of nitrogens with zero attached hydrogens (tertiary/aromatic N) is 1. The highest BCUT2D eigenvalue weighted by Gasteiger charge is 2.35. The van der Waals surface area contributed by atoms with E-state index in [1.165, 1.54) is 24.3 Å². The Kier molecular flexibility index (Phi) is 5.48. The van der Waals surface area contributed by atoms with E-state index in [9.17, 15) is 17.9 Å². The van der Waals surface area contributed by atoms with Gasteiger partial charge in [-0.1, -0.05) is 30.3 Å². The molecule has 0 amide bonds. The number of β-amino-alcohol motifs (C(OH)–C–C–N with tert-alkyl or cyclic N) is 1. The maximum Gasteiger partial charge on any atom is 0.195 e. The van der Waals surface area contributed by atoms with Crippen molar-refractivity contribution in [1.29, 1.82) is 0 Å². The van der Waals surface area contributed by atoms with Crippen LogP contribution in [0.25, 0.3) is 0 Å². The molecule has 1 heterocycles. The van der Waals surface area contributed by atoms with Crippen LogP contribution in [0.1, 0.15) is 11.7 Å². The summed E-state index contributed by atoms with van der Waals surface area (Å²) >= 11 is 0. The predicted molar refractivity (Wildman–Crippen MR) is 93.2 cm³/mol. The van der Waals surface area contributed by atoms with Gasteiger partial charge in [0.2, 0.25) is 0 Å². The minimum Gasteiger partial charge on any atom is -0.387 e. The van der Waals surface area contributed by atoms with Gasteiger partial charge in [-0.25, -0.2) is 12.8 Å². The molecule has 1 saturated heterocycles. The van der Waals surface area contributed by atoms with E-state index in [0.29, 0.717) is 25.2 Å². The molecule has 1 aliphatic heterocycles. The second-order valence-electron chi connectivity index (χ2n) is 6.08. The second kappa shape index (κ2) is 7.61. The first-order valence-corrected chi connectivity index (χ1v) is 9.70. The molecule has 3 rings (SSSR count). The average Bonchev–Trinajstić information content (AvgIpc) is 2.63. The lowest BCUT2D eigenvalue weighted by molar-refractivity contribution is 0.0950. The number of nitrogens with one attached hydrogen (secondary N) is 1. The van der Waals surface area contributed by atoms with E-state index in [0.717, 1.165) is 0 Å². The summed E-state index contributed by atoms with van der Waals surface area (Å²) in [5.74, 6) is -0.373. The highest BCUT2D eigenvalue weighted by molar-refractivity contribution is 7.92. The largest absolute Gasteiger partial charge is 0.387 e. The molecular weight excluding hydrogens is 343 g/mol. The molecule has 0 spiro atoms. The third-order valence-electron chi connectivity index (χ3n) is 4.39. The van der Waals surface area contributed by atoms with Gasteiger partial charge in [-0.15, -0.1) is 0 Å². The standard InChI is InChI=1S/C18H21FN2O3S/c19-15-8-6-14(7-9-15)17(22)13-21-11-10-20-12-18(21)25(23,24)16-4-2-1-3-5-16/h1-9,17-18,20,22H,10-13H2. The molecule has 1 aliphatic rings. The second-order valence-corrected chi connectivity index (χ2v) is 8.18. The summed E-state index contributed by atoms with van der Waals surface area (Å²) in [4.78, 5) is 2.04. The molecule has 0 bridgehead atoms. The van der Waals surface area contributed by atoms with Crippen LogP contribution in [0, 0.1) is 5.82 Å². The van der Waals surface area contributed by atoms with Crippen molar-refractivity contribution in [3.05, 3.63) is 66.0 Å². The zero-order valence-corrected chi connectivity index (χ0v) is 14.5. The van der Waals surface area contributed by atoms with Gasteiger partial charge >= 0.3 is 0 Å². The topological polar surface area (TPSA) is 69.6 Å². The van der Waals surface area contributed by atoms with Crippen molar-refractivity contribution in [3.63, 3.8) is 0 Å². The van der Waals surface area contributed by atoms with Gasteiger partial charge in [0.05, 0.1) is 11.0 Å². The summed E-state index contributed by atoms with van der Waals surface area (Å²) in [6, 6.07) is 13.9. The molecule has 0 aliphatic carbocycles. The summed E-state index contributed by atoms with van der Waals surface area (Å²) in [5, 5.41) is 12.8. The molecule has 2 unspecified atom stereocenters. The van der Waals surface area contributed by atoms with Gasteiger partial charge < -0.3 is 10.4 Å². The summed E-state index contributed by atoms with van der Waals surface area (Å²) in [5.41, 5.74) is 0.566. The maximum absolute atomic E-state index is 13.0. The van der Waals surface area contributed by atoms with Crippen molar-refractivity contribution in [3.8, 4) is 0 Å². The monoisotopic (exact) mass is 364 g/mol. The molecule has 1 fully saturated rings. The lowest BCUT2D eigenvalue weighted by Crippen LogP contribution is -2.55. The van der Waals surface area contributed by atoms with E-state index in [1.54, 1.807) is 35.2 Å². The van der Waals surface area contributed by atoms with Crippen molar-refractivity contribution in [2.75, 3.05) is 26.2 Å². The Morgan fingerprint density at radius 2 is 1.84 bits per heavy atom. The maximum atomic E-state index is 13.0. The number of rotatable bonds is 5. The zero-order valence-electron chi connectivity index (χ0n) is 13.7. The molecule has 2 atom stereocenters. The van der Waals surface area contributed by atoms with Crippen molar-refractivity contribution < 1.29 is 17.9 Å². The van der Waals surface area contributed by atoms with E-state index in [2.05, 4.69) is 5.32 Å². The van der Waals surface area contributed by atoms with Gasteiger partial charge in [-0.05, 0) is 29.8 Å². The fourth-order valence-corrected chi connectivity index (χ4v) is 4.79. The Morgan fingerprint density at radius 3 is 2.52 bits per heavy atom. The van der Waals surface area contributed by atoms with Gasteiger partial charge in [-0.3, -0.25) is 4.90 Å². The van der Waals surface area contributed by atoms with E-state index < -0.39 is 21.3 Å². The molecule has 0 radical (unpaired) electrons. The number of hydrogen-bond acceptors (Lipinski definition) is 5. The van der Waals surface area contributed by atoms with Crippen LogP contribution in [0.5, 0.6) is 0 Å². The number of aliphatic hydroxyl groups excluding tert-OH is 1. The van der Waals surface area contributed by atoms with Crippen LogP contribution in [0.15, 0.2) is 59.5 Å². The fraction of sp³-hybridized carbons (Fsp3) is 0.333. The van der Waals surface area contributed by atoms with Crippen molar-refractivity contribution in [1.82, 2.24) is 10.2 Å². The van der Waals surface area contributed by atoms with Crippen LogP contribution in [-0.4, -0.2) is 50.0 Å². The smallest absolute Gasteiger partial charge is 0.195 e. The zero-order chi connectivity index (χ0) is 17.9. The molecule has 2 aromatic carbocycles. The number of sulfone groups is 1. The lowest BCUT2D eigenvalue weighted by atomic mass is 10.1. The van der Waals surface area contributed by atoms with Crippen LogP contribution in [0.3, 0.4) is 0 Å². The van der Waals surface area contributed by atoms with Gasteiger partial charge in [0, 0.05) is 26.2 Å². The van der Waals surface area contributed by atoms with E-state index >= 15 is 0 Å². The highest BCUT2D eigenvalue weighted by atomic mass is 32.2. The molecule has 134 valence electrons. The van der Waals surface area contributed by atoms with Crippen LogP contribution >= 0.6 is 0 Å².